The summed E-state index contributed by atoms with van der Waals surface area (Å²) in [6, 6.07) is 4.29. The molecule has 1 unspecified atom stereocenters. The van der Waals surface area contributed by atoms with Gasteiger partial charge in [0.1, 0.15) is 0 Å². The zero-order valence-electron chi connectivity index (χ0n) is 13.5. The summed E-state index contributed by atoms with van der Waals surface area (Å²) < 4.78 is 0. The van der Waals surface area contributed by atoms with Crippen LogP contribution in [0.4, 0.5) is 0 Å². The molecule has 1 aromatic rings. The van der Waals surface area contributed by atoms with E-state index in [1.165, 1.54) is 12.0 Å². The minimum atomic E-state index is 0.141. The first-order chi connectivity index (χ1) is 10.0. The molecule has 0 aromatic heterocycles. The minimum Gasteiger partial charge on any atom is -0.395 e. The molecular formula is C18H27NO2. The van der Waals surface area contributed by atoms with Crippen LogP contribution < -0.4 is 0 Å². The lowest BCUT2D eigenvalue weighted by atomic mass is 9.96. The quantitative estimate of drug-likeness (QED) is 0.866. The van der Waals surface area contributed by atoms with Gasteiger partial charge in [-0.25, -0.2) is 0 Å². The van der Waals surface area contributed by atoms with E-state index < -0.39 is 0 Å². The summed E-state index contributed by atoms with van der Waals surface area (Å²) in [6.45, 7) is 7.58. The van der Waals surface area contributed by atoms with Crippen molar-refractivity contribution >= 4 is 5.78 Å². The summed E-state index contributed by atoms with van der Waals surface area (Å²) in [7, 11) is 0. The number of carbonyl (C=O) groups excluding carboxylic acids is 1. The van der Waals surface area contributed by atoms with Gasteiger partial charge in [-0.2, -0.15) is 0 Å². The molecule has 116 valence electrons. The van der Waals surface area contributed by atoms with Gasteiger partial charge in [0.25, 0.3) is 0 Å². The number of benzene rings is 1. The first-order valence-electron chi connectivity index (χ1n) is 7.99. The van der Waals surface area contributed by atoms with Gasteiger partial charge in [0.15, 0.2) is 5.78 Å². The number of rotatable bonds is 4. The van der Waals surface area contributed by atoms with E-state index in [4.69, 9.17) is 0 Å². The Hall–Kier alpha value is -1.19. The van der Waals surface area contributed by atoms with Crippen LogP contribution >= 0.6 is 0 Å². The number of hydrogen-bond acceptors (Lipinski definition) is 3. The van der Waals surface area contributed by atoms with Crippen LogP contribution in [0.5, 0.6) is 0 Å². The van der Waals surface area contributed by atoms with E-state index in [1.54, 1.807) is 0 Å². The van der Waals surface area contributed by atoms with Crippen molar-refractivity contribution in [1.29, 1.82) is 0 Å². The third-order valence-corrected chi connectivity index (χ3v) is 4.51. The van der Waals surface area contributed by atoms with Gasteiger partial charge in [-0.15, -0.1) is 0 Å². The van der Waals surface area contributed by atoms with E-state index in [0.29, 0.717) is 6.54 Å². The van der Waals surface area contributed by atoms with Gasteiger partial charge in [-0.05, 0) is 51.3 Å². The van der Waals surface area contributed by atoms with Crippen molar-refractivity contribution in [3.05, 3.63) is 34.4 Å². The van der Waals surface area contributed by atoms with E-state index in [-0.39, 0.29) is 18.4 Å². The monoisotopic (exact) mass is 289 g/mol. The fourth-order valence-electron chi connectivity index (χ4n) is 3.54. The molecule has 1 aliphatic heterocycles. The average Bonchev–Trinajstić information content (AvgIpc) is 2.62. The first-order valence-corrected chi connectivity index (χ1v) is 7.99. The zero-order valence-corrected chi connectivity index (χ0v) is 13.5. The Kier molecular flexibility index (Phi) is 5.54. The molecule has 1 fully saturated rings. The van der Waals surface area contributed by atoms with Gasteiger partial charge in [-0.3, -0.25) is 9.69 Å². The van der Waals surface area contributed by atoms with Crippen molar-refractivity contribution in [1.82, 2.24) is 4.90 Å². The summed E-state index contributed by atoms with van der Waals surface area (Å²) in [5.41, 5.74) is 4.19. The number of aliphatic hydroxyl groups excluding tert-OH is 1. The molecule has 2 rings (SSSR count). The van der Waals surface area contributed by atoms with E-state index in [0.717, 1.165) is 42.5 Å². The summed E-state index contributed by atoms with van der Waals surface area (Å²) in [5.74, 6) is 0.186. The lowest BCUT2D eigenvalue weighted by molar-refractivity contribution is 0.0825. The fourth-order valence-corrected chi connectivity index (χ4v) is 3.54. The lowest BCUT2D eigenvalue weighted by Gasteiger charge is -2.28. The second-order valence-electron chi connectivity index (χ2n) is 6.35. The maximum atomic E-state index is 12.7. The van der Waals surface area contributed by atoms with Crippen molar-refractivity contribution < 1.29 is 9.90 Å². The number of hydrogen-bond donors (Lipinski definition) is 1. The van der Waals surface area contributed by atoms with Gasteiger partial charge >= 0.3 is 0 Å². The average molecular weight is 289 g/mol. The zero-order chi connectivity index (χ0) is 15.4. The maximum absolute atomic E-state index is 12.7. The third kappa shape index (κ3) is 3.92. The Bertz CT molecular complexity index is 487. The maximum Gasteiger partial charge on any atom is 0.177 e. The summed E-state index contributed by atoms with van der Waals surface area (Å²) in [5, 5.41) is 9.56. The predicted octanol–water partition coefficient (Wildman–Crippen LogP) is 3.03. The van der Waals surface area contributed by atoms with E-state index in [2.05, 4.69) is 24.0 Å². The highest BCUT2D eigenvalue weighted by Gasteiger charge is 2.24. The molecule has 1 aromatic carbocycles. The molecule has 0 aliphatic carbocycles. The van der Waals surface area contributed by atoms with Crippen LogP contribution in [-0.2, 0) is 0 Å². The Morgan fingerprint density at radius 1 is 1.19 bits per heavy atom. The van der Waals surface area contributed by atoms with E-state index in [9.17, 15) is 9.90 Å². The molecule has 3 nitrogen and oxygen atoms in total. The molecule has 21 heavy (non-hydrogen) atoms. The molecule has 1 aliphatic rings. The molecule has 1 heterocycles. The Balaban J connectivity index is 2.16. The second kappa shape index (κ2) is 7.19. The van der Waals surface area contributed by atoms with Crippen LogP contribution in [0, 0.1) is 20.8 Å². The summed E-state index contributed by atoms with van der Waals surface area (Å²) >= 11 is 0. The number of Topliss-reactive ketones (excluding diaryl/α,β-unsaturated/α-hetero) is 1. The third-order valence-electron chi connectivity index (χ3n) is 4.51. The minimum absolute atomic E-state index is 0.141. The van der Waals surface area contributed by atoms with Gasteiger partial charge in [0, 0.05) is 11.6 Å². The number of ketones is 1. The second-order valence-corrected chi connectivity index (χ2v) is 6.35. The summed E-state index contributed by atoms with van der Waals surface area (Å²) in [6.07, 6.45) is 4.47. The molecule has 0 saturated carbocycles. The molecule has 1 N–H and O–H groups in total. The van der Waals surface area contributed by atoms with Crippen LogP contribution in [-0.4, -0.2) is 41.5 Å². The number of likely N-dealkylation sites (tertiary alicyclic amines) is 1. The van der Waals surface area contributed by atoms with Gasteiger partial charge in [0.05, 0.1) is 13.2 Å². The first kappa shape index (κ1) is 16.2. The molecule has 3 heteroatoms. The Labute approximate surface area is 128 Å². The molecule has 0 radical (unpaired) electrons. The van der Waals surface area contributed by atoms with Crippen LogP contribution in [0.1, 0.15) is 52.7 Å². The van der Waals surface area contributed by atoms with Crippen LogP contribution in [0.3, 0.4) is 0 Å². The van der Waals surface area contributed by atoms with E-state index >= 15 is 0 Å². The molecule has 0 amide bonds. The van der Waals surface area contributed by atoms with Crippen LogP contribution in [0.15, 0.2) is 12.1 Å². The fraction of sp³-hybridized carbons (Fsp3) is 0.611. The molecule has 1 atom stereocenters. The van der Waals surface area contributed by atoms with Gasteiger partial charge in [0.2, 0.25) is 0 Å². The van der Waals surface area contributed by atoms with Crippen molar-refractivity contribution in [3.8, 4) is 0 Å². The number of aliphatic hydroxyl groups is 1. The molecule has 0 spiro atoms. The molecule has 0 bridgehead atoms. The Morgan fingerprint density at radius 2 is 1.86 bits per heavy atom. The standard InChI is InChI=1S/C18H27NO2/c1-13-9-14(2)18(15(3)10-13)17(21)11-19-8-6-4-5-7-16(19)12-20/h9-10,16,20H,4-8,11-12H2,1-3H3. The van der Waals surface area contributed by atoms with Crippen molar-refractivity contribution in [2.45, 2.75) is 52.5 Å². The summed E-state index contributed by atoms with van der Waals surface area (Å²) in [4.78, 5) is 14.9. The van der Waals surface area contributed by atoms with Crippen LogP contribution in [0.2, 0.25) is 0 Å². The number of nitrogens with zero attached hydrogens (tertiary/aromatic N) is 1. The van der Waals surface area contributed by atoms with Crippen molar-refractivity contribution in [3.63, 3.8) is 0 Å². The Morgan fingerprint density at radius 3 is 2.48 bits per heavy atom. The van der Waals surface area contributed by atoms with Crippen molar-refractivity contribution in [2.75, 3.05) is 19.7 Å². The van der Waals surface area contributed by atoms with Crippen LogP contribution in [0.25, 0.3) is 0 Å². The number of aryl methyl sites for hydroxylation is 3. The SMILES string of the molecule is Cc1cc(C)c(C(=O)CN2CCCCCC2CO)c(C)c1. The topological polar surface area (TPSA) is 40.5 Å². The normalized spacial score (nSPS) is 20.3. The van der Waals surface area contributed by atoms with E-state index in [1.807, 2.05) is 13.8 Å². The predicted molar refractivity (Wildman–Crippen MR) is 85.9 cm³/mol. The molecule has 1 saturated heterocycles. The molecular weight excluding hydrogens is 262 g/mol. The van der Waals surface area contributed by atoms with Gasteiger partial charge < -0.3 is 5.11 Å². The highest BCUT2D eigenvalue weighted by Crippen LogP contribution is 2.20. The van der Waals surface area contributed by atoms with Crippen molar-refractivity contribution in [2.24, 2.45) is 0 Å². The number of carbonyl (C=O) groups is 1. The highest BCUT2D eigenvalue weighted by molar-refractivity contribution is 6.00. The lowest BCUT2D eigenvalue weighted by Crippen LogP contribution is -2.41. The smallest absolute Gasteiger partial charge is 0.177 e. The van der Waals surface area contributed by atoms with Gasteiger partial charge in [-0.1, -0.05) is 30.5 Å². The highest BCUT2D eigenvalue weighted by atomic mass is 16.3. The largest absolute Gasteiger partial charge is 0.395 e.